The van der Waals surface area contributed by atoms with E-state index in [0.29, 0.717) is 37.1 Å². The van der Waals surface area contributed by atoms with Crippen LogP contribution in [0.5, 0.6) is 0 Å². The molecular weight excluding hydrogens is 812 g/mol. The summed E-state index contributed by atoms with van der Waals surface area (Å²) in [5.41, 5.74) is 11.1. The third-order valence-electron chi connectivity index (χ3n) is 10.1. The quantitative estimate of drug-likeness (QED) is 0.0545. The van der Waals surface area contributed by atoms with Crippen molar-refractivity contribution in [3.63, 3.8) is 0 Å². The van der Waals surface area contributed by atoms with Gasteiger partial charge >= 0.3 is 17.9 Å². The molecule has 0 saturated carbocycles. The van der Waals surface area contributed by atoms with Crippen LogP contribution < -0.4 is 38.7 Å². The molecular formula is C40H58N10O12. The summed E-state index contributed by atoms with van der Waals surface area (Å²) in [5.74, 6) is -1.58. The number of aliphatic hydroxyl groups is 2. The molecule has 340 valence electrons. The van der Waals surface area contributed by atoms with E-state index in [1.165, 1.54) is 38.1 Å². The van der Waals surface area contributed by atoms with Crippen molar-refractivity contribution in [1.82, 2.24) is 34.6 Å². The number of rotatable bonds is 20. The topological polar surface area (TPSA) is 308 Å². The number of nitrogen functional groups attached to an aromatic ring is 1. The van der Waals surface area contributed by atoms with Crippen LogP contribution in [0.1, 0.15) is 51.8 Å². The molecule has 0 radical (unpaired) electrons. The zero-order valence-corrected chi connectivity index (χ0v) is 35.5. The number of aromatic amines is 1. The number of nitrogens with zero attached hydrogens (tertiary/aromatic N) is 4. The lowest BCUT2D eigenvalue weighted by Gasteiger charge is -2.26. The van der Waals surface area contributed by atoms with Crippen LogP contribution in [0, 0.1) is 5.92 Å². The van der Waals surface area contributed by atoms with Crippen LogP contribution >= 0.6 is 0 Å². The highest BCUT2D eigenvalue weighted by Crippen LogP contribution is 2.33. The fraction of sp³-hybridized carbons (Fsp3) is 0.525. The van der Waals surface area contributed by atoms with Crippen molar-refractivity contribution >= 4 is 52.4 Å². The Labute approximate surface area is 357 Å². The van der Waals surface area contributed by atoms with Crippen LogP contribution in [0.15, 0.2) is 52.6 Å². The number of benzene rings is 1. The van der Waals surface area contributed by atoms with Gasteiger partial charge in [0.05, 0.1) is 12.1 Å². The lowest BCUT2D eigenvalue weighted by atomic mass is 10.0. The average Bonchev–Trinajstić information content (AvgIpc) is 3.68. The van der Waals surface area contributed by atoms with E-state index in [1.54, 1.807) is 38.1 Å². The number of carbonyl (C=O) groups excluding carboxylic acids is 5. The number of unbranched alkanes of at least 4 members (excludes halogenated alkanes) is 1. The maximum Gasteiger partial charge on any atom is 0.410 e. The Morgan fingerprint density at radius 1 is 1.03 bits per heavy atom. The number of nitrogens with two attached hydrogens (primary N) is 2. The van der Waals surface area contributed by atoms with E-state index in [4.69, 9.17) is 25.7 Å². The molecule has 6 atom stereocenters. The second-order valence-electron chi connectivity index (χ2n) is 15.3. The first-order valence-electron chi connectivity index (χ1n) is 20.1. The molecule has 5 amide bonds. The molecule has 62 heavy (non-hydrogen) atoms. The van der Waals surface area contributed by atoms with Crippen LogP contribution in [0.3, 0.4) is 0 Å². The van der Waals surface area contributed by atoms with Crippen molar-refractivity contribution in [2.24, 2.45) is 11.7 Å². The first-order valence-corrected chi connectivity index (χ1v) is 20.1. The Kier molecular flexibility index (Phi) is 17.2. The number of likely N-dealkylation sites (N-methyl/N-ethyl adjacent to an activating group) is 2. The lowest BCUT2D eigenvalue weighted by Crippen LogP contribution is -2.54. The number of H-pyrrole nitrogens is 1. The largest absolute Gasteiger partial charge is 0.445 e. The third-order valence-corrected chi connectivity index (χ3v) is 10.1. The molecule has 0 aliphatic carbocycles. The highest BCUT2D eigenvalue weighted by atomic mass is 16.6. The number of hydrogen-bond acceptors (Lipinski definition) is 14. The van der Waals surface area contributed by atoms with Gasteiger partial charge in [0.2, 0.25) is 17.7 Å². The molecule has 3 aromatic rings. The summed E-state index contributed by atoms with van der Waals surface area (Å²) in [7, 11) is 2.84. The molecule has 1 aliphatic heterocycles. The first kappa shape index (κ1) is 48.4. The summed E-state index contributed by atoms with van der Waals surface area (Å²) in [6, 6.07) is 6.13. The van der Waals surface area contributed by atoms with E-state index in [0.717, 1.165) is 14.0 Å². The highest BCUT2D eigenvalue weighted by molar-refractivity contribution is 5.98. The van der Waals surface area contributed by atoms with Gasteiger partial charge in [0.25, 0.3) is 5.56 Å². The number of allylic oxidation sites excluding steroid dienone is 1. The molecule has 3 heterocycles. The van der Waals surface area contributed by atoms with Gasteiger partial charge in [-0.3, -0.25) is 28.3 Å². The molecule has 0 spiro atoms. The van der Waals surface area contributed by atoms with Crippen molar-refractivity contribution in [1.29, 1.82) is 0 Å². The Hall–Kier alpha value is -6.23. The summed E-state index contributed by atoms with van der Waals surface area (Å²) in [6.07, 6.45) is -4.53. The molecule has 1 aromatic carbocycles. The fourth-order valence-electron chi connectivity index (χ4n) is 6.71. The summed E-state index contributed by atoms with van der Waals surface area (Å²) in [6.45, 7) is 8.00. The minimum Gasteiger partial charge on any atom is -0.445 e. The maximum atomic E-state index is 13.6. The Morgan fingerprint density at radius 2 is 1.69 bits per heavy atom. The van der Waals surface area contributed by atoms with E-state index < -0.39 is 78.5 Å². The van der Waals surface area contributed by atoms with Gasteiger partial charge in [-0.1, -0.05) is 32.1 Å². The Bertz CT molecular complexity index is 2190. The second-order valence-corrected chi connectivity index (χ2v) is 15.3. The van der Waals surface area contributed by atoms with Crippen molar-refractivity contribution in [3.8, 4) is 0 Å². The van der Waals surface area contributed by atoms with Gasteiger partial charge in [0.15, 0.2) is 12.3 Å². The van der Waals surface area contributed by atoms with Gasteiger partial charge in [-0.15, -0.1) is 6.58 Å². The highest BCUT2D eigenvalue weighted by Gasteiger charge is 2.49. The van der Waals surface area contributed by atoms with Gasteiger partial charge in [0.1, 0.15) is 42.2 Å². The van der Waals surface area contributed by atoms with Gasteiger partial charge in [-0.05, 0) is 49.4 Å². The molecule has 0 bridgehead atoms. The molecule has 2 aromatic heterocycles. The van der Waals surface area contributed by atoms with E-state index in [-0.39, 0.29) is 54.9 Å². The van der Waals surface area contributed by atoms with Gasteiger partial charge in [-0.2, -0.15) is 0 Å². The number of aliphatic hydroxyl groups excluding tert-OH is 2. The predicted molar refractivity (Wildman–Crippen MR) is 226 cm³/mol. The summed E-state index contributed by atoms with van der Waals surface area (Å²) in [4.78, 5) is 95.3. The molecule has 22 nitrogen and oxygen atoms in total. The van der Waals surface area contributed by atoms with Crippen molar-refractivity contribution in [2.45, 2.75) is 89.8 Å². The Balaban J connectivity index is 1.32. The fourth-order valence-corrected chi connectivity index (χ4v) is 6.71. The molecule has 10 N–H and O–H groups in total. The Morgan fingerprint density at radius 3 is 2.29 bits per heavy atom. The molecule has 1 aliphatic rings. The van der Waals surface area contributed by atoms with E-state index in [9.17, 15) is 43.8 Å². The number of nitrogens with one attached hydrogen (secondary N) is 4. The molecule has 0 unspecified atom stereocenters. The van der Waals surface area contributed by atoms with Crippen LogP contribution in [0.4, 0.5) is 21.1 Å². The number of carbonyl (C=O) groups is 5. The number of imidazole rings is 1. The number of ether oxygens (including phenoxy) is 3. The first-order chi connectivity index (χ1) is 29.4. The van der Waals surface area contributed by atoms with Crippen molar-refractivity contribution in [3.05, 3.63) is 69.4 Å². The summed E-state index contributed by atoms with van der Waals surface area (Å²) in [5, 5.41) is 29.1. The van der Waals surface area contributed by atoms with Crippen LogP contribution in [0.25, 0.3) is 11.0 Å². The third kappa shape index (κ3) is 12.0. The normalized spacial score (nSPS) is 18.1. The van der Waals surface area contributed by atoms with E-state index in [1.807, 2.05) is 0 Å². The smallest absolute Gasteiger partial charge is 0.410 e. The van der Waals surface area contributed by atoms with E-state index in [2.05, 4.69) is 27.5 Å². The number of amides is 5. The molecule has 22 heteroatoms. The molecule has 1 fully saturated rings. The average molecular weight is 871 g/mol. The van der Waals surface area contributed by atoms with Gasteiger partial charge < -0.3 is 66.6 Å². The standard InChI is InChI=1S/C40H58N10O12/c1-7-16-49-31-27(19-29(42)46-36(31)56)50(38(49)57)37-33(32(53)28(20-51)61-37)62-40(59)48(6)18-17-47(5)39(58)60-21-24-11-13-25(14-12-24)44-34(54)26(10-8-9-15-41)45-35(55)30(22(2)3)43-23(4)52/h7,11-14,19,22,26,28,30,32-33,37,51,53H,1,8-10,15-18,20-21,41H2,2-6H3,(H,43,52)(H,44,54)(H,45,55)(H3,42,46,56)/t26-,28+,30-,32+,33+,37+/m0/s1. The molecule has 4 rings (SSSR count). The van der Waals surface area contributed by atoms with Crippen molar-refractivity contribution in [2.75, 3.05) is 51.4 Å². The molecule has 1 saturated heterocycles. The SMILES string of the molecule is C=CCn1c(=O)n([C@@H]2O[C@H](CO)[C@@H](O)[C@H]2OC(=O)N(C)CCN(C)C(=O)OCc2ccc(NC(=O)[C@H](CCCCN)NC(=O)[C@@H](NC(C)=O)C(C)C)cc2)c2cc(N)[nH]c(=O)c21. The number of fused-ring (bicyclic) bond motifs is 1. The second kappa shape index (κ2) is 22.0. The van der Waals surface area contributed by atoms with Crippen LogP contribution in [0.2, 0.25) is 0 Å². The number of anilines is 2. The van der Waals surface area contributed by atoms with Crippen molar-refractivity contribution < 1.29 is 48.4 Å². The zero-order valence-electron chi connectivity index (χ0n) is 35.5. The minimum absolute atomic E-state index is 0.00984. The number of pyridine rings is 1. The number of hydrogen-bond donors (Lipinski definition) is 8. The maximum absolute atomic E-state index is 13.6. The minimum atomic E-state index is -1.58. The van der Waals surface area contributed by atoms with E-state index >= 15 is 0 Å². The lowest BCUT2D eigenvalue weighted by molar-refractivity contribution is -0.131. The predicted octanol–water partition coefficient (Wildman–Crippen LogP) is -0.0713. The summed E-state index contributed by atoms with van der Waals surface area (Å²) < 4.78 is 19.0. The summed E-state index contributed by atoms with van der Waals surface area (Å²) >= 11 is 0. The monoisotopic (exact) mass is 870 g/mol. The van der Waals surface area contributed by atoms with Gasteiger partial charge in [-0.25, -0.2) is 14.4 Å². The van der Waals surface area contributed by atoms with Crippen LogP contribution in [-0.4, -0.2) is 135 Å². The van der Waals surface area contributed by atoms with Crippen LogP contribution in [-0.2, 0) is 41.7 Å². The number of aromatic nitrogens is 3. The van der Waals surface area contributed by atoms with Gasteiger partial charge in [0, 0.05) is 52.4 Å². The zero-order chi connectivity index (χ0) is 45.8.